The van der Waals surface area contributed by atoms with Crippen LogP contribution in [-0.2, 0) is 4.74 Å². The van der Waals surface area contributed by atoms with Gasteiger partial charge in [-0.05, 0) is 19.4 Å². The van der Waals surface area contributed by atoms with Gasteiger partial charge in [-0.3, -0.25) is 0 Å². The largest absolute Gasteiger partial charge is 0.388 e. The van der Waals surface area contributed by atoms with Gasteiger partial charge in [0.1, 0.15) is 0 Å². The van der Waals surface area contributed by atoms with E-state index in [1.54, 1.807) is 7.11 Å². The van der Waals surface area contributed by atoms with E-state index >= 15 is 0 Å². The number of methoxy groups -OCH3 is 1. The number of rotatable bonds is 3. The second kappa shape index (κ2) is 4.85. The van der Waals surface area contributed by atoms with Crippen LogP contribution in [0.1, 0.15) is 25.0 Å². The first kappa shape index (κ1) is 11.4. The molecular formula is C13H19NO2. The van der Waals surface area contributed by atoms with Crippen molar-refractivity contribution < 1.29 is 9.84 Å². The number of ether oxygens (including phenoxy) is 1. The molecule has 1 N–H and O–H groups in total. The van der Waals surface area contributed by atoms with Gasteiger partial charge < -0.3 is 14.7 Å². The molecule has 2 atom stereocenters. The number of fused-ring (bicyclic) bond motifs is 1. The summed E-state index contributed by atoms with van der Waals surface area (Å²) in [6.07, 6.45) is 0.696. The van der Waals surface area contributed by atoms with E-state index in [0.29, 0.717) is 0 Å². The van der Waals surface area contributed by atoms with E-state index in [4.69, 9.17) is 4.74 Å². The van der Waals surface area contributed by atoms with E-state index in [1.165, 1.54) is 0 Å². The SMILES string of the molecule is COC(C)CN1CCC(O)c2ccccc21. The smallest absolute Gasteiger partial charge is 0.0826 e. The van der Waals surface area contributed by atoms with E-state index in [0.717, 1.165) is 30.8 Å². The number of aliphatic hydroxyl groups is 1. The van der Waals surface area contributed by atoms with E-state index in [2.05, 4.69) is 17.9 Å². The molecule has 0 bridgehead atoms. The Morgan fingerprint density at radius 3 is 3.00 bits per heavy atom. The third-order valence-corrected chi connectivity index (χ3v) is 3.19. The molecular weight excluding hydrogens is 202 g/mol. The fourth-order valence-corrected chi connectivity index (χ4v) is 2.19. The zero-order valence-corrected chi connectivity index (χ0v) is 9.89. The molecule has 0 spiro atoms. The van der Waals surface area contributed by atoms with Gasteiger partial charge in [-0.1, -0.05) is 18.2 Å². The summed E-state index contributed by atoms with van der Waals surface area (Å²) in [6, 6.07) is 8.07. The molecule has 16 heavy (non-hydrogen) atoms. The Kier molecular flexibility index (Phi) is 3.46. The summed E-state index contributed by atoms with van der Waals surface area (Å²) in [5.41, 5.74) is 2.18. The predicted octanol–water partition coefficient (Wildman–Crippen LogP) is 1.97. The van der Waals surface area contributed by atoms with Crippen molar-refractivity contribution in [1.29, 1.82) is 0 Å². The number of anilines is 1. The number of para-hydroxylation sites is 1. The third-order valence-electron chi connectivity index (χ3n) is 3.19. The van der Waals surface area contributed by atoms with Gasteiger partial charge in [0.05, 0.1) is 12.2 Å². The average Bonchev–Trinajstić information content (AvgIpc) is 2.33. The molecule has 0 aromatic heterocycles. The summed E-state index contributed by atoms with van der Waals surface area (Å²) in [6.45, 7) is 3.83. The monoisotopic (exact) mass is 221 g/mol. The van der Waals surface area contributed by atoms with Crippen LogP contribution in [0.3, 0.4) is 0 Å². The molecule has 2 rings (SSSR count). The van der Waals surface area contributed by atoms with Crippen LogP contribution in [0.4, 0.5) is 5.69 Å². The molecule has 1 heterocycles. The van der Waals surface area contributed by atoms with Gasteiger partial charge in [-0.15, -0.1) is 0 Å². The summed E-state index contributed by atoms with van der Waals surface area (Å²) in [5.74, 6) is 0. The van der Waals surface area contributed by atoms with Crippen molar-refractivity contribution >= 4 is 5.69 Å². The van der Waals surface area contributed by atoms with Crippen molar-refractivity contribution in [2.75, 3.05) is 25.1 Å². The van der Waals surface area contributed by atoms with Crippen LogP contribution in [-0.4, -0.2) is 31.4 Å². The molecule has 2 unspecified atom stereocenters. The molecule has 0 saturated carbocycles. The number of hydrogen-bond acceptors (Lipinski definition) is 3. The number of hydrogen-bond donors (Lipinski definition) is 1. The van der Waals surface area contributed by atoms with Crippen LogP contribution in [0.25, 0.3) is 0 Å². The van der Waals surface area contributed by atoms with Gasteiger partial charge in [-0.25, -0.2) is 0 Å². The lowest BCUT2D eigenvalue weighted by molar-refractivity contribution is 0.118. The lowest BCUT2D eigenvalue weighted by Gasteiger charge is -2.35. The molecule has 0 radical (unpaired) electrons. The number of nitrogens with zero attached hydrogens (tertiary/aromatic N) is 1. The van der Waals surface area contributed by atoms with Crippen LogP contribution in [0, 0.1) is 0 Å². The Labute approximate surface area is 96.6 Å². The van der Waals surface area contributed by atoms with Crippen LogP contribution in [0.5, 0.6) is 0 Å². The second-order valence-electron chi connectivity index (χ2n) is 4.36. The van der Waals surface area contributed by atoms with Gasteiger partial charge in [0.25, 0.3) is 0 Å². The highest BCUT2D eigenvalue weighted by atomic mass is 16.5. The maximum atomic E-state index is 9.91. The maximum absolute atomic E-state index is 9.91. The topological polar surface area (TPSA) is 32.7 Å². The summed E-state index contributed by atoms with van der Waals surface area (Å²) < 4.78 is 5.29. The number of aliphatic hydroxyl groups excluding tert-OH is 1. The van der Waals surface area contributed by atoms with Crippen molar-refractivity contribution in [2.45, 2.75) is 25.6 Å². The molecule has 3 nitrogen and oxygen atoms in total. The van der Waals surface area contributed by atoms with E-state index in [9.17, 15) is 5.11 Å². The van der Waals surface area contributed by atoms with Crippen LogP contribution in [0.15, 0.2) is 24.3 Å². The summed E-state index contributed by atoms with van der Waals surface area (Å²) in [5, 5.41) is 9.91. The van der Waals surface area contributed by atoms with Crippen LogP contribution < -0.4 is 4.90 Å². The van der Waals surface area contributed by atoms with Crippen molar-refractivity contribution in [3.8, 4) is 0 Å². The van der Waals surface area contributed by atoms with Gasteiger partial charge in [0.2, 0.25) is 0 Å². The molecule has 1 aromatic carbocycles. The second-order valence-corrected chi connectivity index (χ2v) is 4.36. The average molecular weight is 221 g/mol. The van der Waals surface area contributed by atoms with Gasteiger partial charge in [0.15, 0.2) is 0 Å². The van der Waals surface area contributed by atoms with Gasteiger partial charge in [-0.2, -0.15) is 0 Å². The molecule has 1 aromatic rings. The van der Waals surface area contributed by atoms with Crippen molar-refractivity contribution in [3.05, 3.63) is 29.8 Å². The summed E-state index contributed by atoms with van der Waals surface area (Å²) >= 11 is 0. The van der Waals surface area contributed by atoms with Crippen molar-refractivity contribution in [2.24, 2.45) is 0 Å². The Morgan fingerprint density at radius 1 is 1.50 bits per heavy atom. The lowest BCUT2D eigenvalue weighted by atomic mass is 9.98. The van der Waals surface area contributed by atoms with Crippen LogP contribution in [0.2, 0.25) is 0 Å². The standard InChI is InChI=1S/C13H19NO2/c1-10(16-2)9-14-8-7-13(15)11-5-3-4-6-12(11)14/h3-6,10,13,15H,7-9H2,1-2H3. The first-order valence-electron chi connectivity index (χ1n) is 5.77. The minimum absolute atomic E-state index is 0.211. The third kappa shape index (κ3) is 2.20. The molecule has 3 heteroatoms. The highest BCUT2D eigenvalue weighted by Crippen LogP contribution is 2.33. The fraction of sp³-hybridized carbons (Fsp3) is 0.538. The zero-order chi connectivity index (χ0) is 11.5. The highest BCUT2D eigenvalue weighted by Gasteiger charge is 2.23. The molecule has 88 valence electrons. The number of benzene rings is 1. The Morgan fingerprint density at radius 2 is 2.25 bits per heavy atom. The highest BCUT2D eigenvalue weighted by molar-refractivity contribution is 5.56. The summed E-state index contributed by atoms with van der Waals surface area (Å²) in [4.78, 5) is 2.29. The lowest BCUT2D eigenvalue weighted by Crippen LogP contribution is -2.36. The molecule has 0 amide bonds. The van der Waals surface area contributed by atoms with Crippen molar-refractivity contribution in [1.82, 2.24) is 0 Å². The molecule has 1 aliphatic heterocycles. The quantitative estimate of drug-likeness (QED) is 0.847. The molecule has 0 fully saturated rings. The minimum Gasteiger partial charge on any atom is -0.388 e. The summed E-state index contributed by atoms with van der Waals surface area (Å²) in [7, 11) is 1.73. The molecule has 0 saturated heterocycles. The van der Waals surface area contributed by atoms with Gasteiger partial charge in [0, 0.05) is 31.5 Å². The minimum atomic E-state index is -0.315. The maximum Gasteiger partial charge on any atom is 0.0826 e. The van der Waals surface area contributed by atoms with Crippen molar-refractivity contribution in [3.63, 3.8) is 0 Å². The Balaban J connectivity index is 2.21. The molecule has 0 aliphatic carbocycles. The molecule has 1 aliphatic rings. The first-order chi connectivity index (χ1) is 7.72. The fourth-order valence-electron chi connectivity index (χ4n) is 2.19. The Bertz CT molecular complexity index is 354. The first-order valence-corrected chi connectivity index (χ1v) is 5.77. The van der Waals surface area contributed by atoms with E-state index < -0.39 is 0 Å². The Hall–Kier alpha value is -1.06. The van der Waals surface area contributed by atoms with E-state index in [1.807, 2.05) is 18.2 Å². The van der Waals surface area contributed by atoms with E-state index in [-0.39, 0.29) is 12.2 Å². The predicted molar refractivity (Wildman–Crippen MR) is 64.7 cm³/mol. The van der Waals surface area contributed by atoms with Gasteiger partial charge >= 0.3 is 0 Å². The van der Waals surface area contributed by atoms with Crippen LogP contribution >= 0.6 is 0 Å². The zero-order valence-electron chi connectivity index (χ0n) is 9.89. The normalized spacial score (nSPS) is 21.7.